The lowest BCUT2D eigenvalue weighted by Gasteiger charge is -2.14. The lowest BCUT2D eigenvalue weighted by atomic mass is 10.0. The van der Waals surface area contributed by atoms with Gasteiger partial charge in [-0.05, 0) is 92.7 Å². The van der Waals surface area contributed by atoms with E-state index in [1.165, 1.54) is 82.2 Å². The Labute approximate surface area is 315 Å². The fraction of sp³-hybridized carbons (Fsp3) is 0. The van der Waals surface area contributed by atoms with Crippen LogP contribution >= 0.6 is 0 Å². The molecule has 0 saturated heterocycles. The number of benzene rings is 9. The van der Waals surface area contributed by atoms with Crippen molar-refractivity contribution in [3.8, 4) is 44.8 Å². The summed E-state index contributed by atoms with van der Waals surface area (Å²) in [5.41, 5.74) is 16.4. The van der Waals surface area contributed by atoms with Gasteiger partial charge in [0.25, 0.3) is 0 Å². The van der Waals surface area contributed by atoms with Gasteiger partial charge in [0, 0.05) is 43.7 Å². The van der Waals surface area contributed by atoms with Gasteiger partial charge in [-0.2, -0.15) is 0 Å². The molecule has 0 aliphatic heterocycles. The second-order valence-electron chi connectivity index (χ2n) is 14.8. The molecule has 13 rings (SSSR count). The zero-order chi connectivity index (χ0) is 35.8. The molecule has 254 valence electrons. The van der Waals surface area contributed by atoms with Gasteiger partial charge in [0.15, 0.2) is 0 Å². The van der Waals surface area contributed by atoms with Crippen LogP contribution in [0.15, 0.2) is 186 Å². The van der Waals surface area contributed by atoms with E-state index < -0.39 is 0 Å². The Bertz CT molecular complexity index is 3580. The smallest absolute Gasteiger partial charge is 0.136 e. The van der Waals surface area contributed by atoms with E-state index in [-0.39, 0.29) is 0 Å². The van der Waals surface area contributed by atoms with Crippen LogP contribution in [0.1, 0.15) is 0 Å². The lowest BCUT2D eigenvalue weighted by molar-refractivity contribution is 0.669. The highest BCUT2D eigenvalue weighted by atomic mass is 16.3. The maximum atomic E-state index is 6.50. The normalized spacial score (nSPS) is 12.4. The van der Waals surface area contributed by atoms with Gasteiger partial charge >= 0.3 is 0 Å². The predicted molar refractivity (Wildman–Crippen MR) is 230 cm³/mol. The van der Waals surface area contributed by atoms with Crippen molar-refractivity contribution in [1.29, 1.82) is 0 Å². The van der Waals surface area contributed by atoms with Crippen molar-refractivity contribution in [3.63, 3.8) is 0 Å². The van der Waals surface area contributed by atoms with Crippen molar-refractivity contribution in [2.45, 2.75) is 0 Å². The lowest BCUT2D eigenvalue weighted by Crippen LogP contribution is -1.99. The Morgan fingerprint density at radius 2 is 1.00 bits per heavy atom. The minimum absolute atomic E-state index is 0.903. The SMILES string of the molecule is c1ccc(-c2ccc(-n3c4ccc5oc6ccccc6c5c4c4ccc5c6ccccc6n(-c6cc7c8c(cccc8c6)-c6ccccc6-7)c5c43)cc2)cc1. The number of hydrogen-bond acceptors (Lipinski definition) is 1. The first-order valence-corrected chi connectivity index (χ1v) is 18.9. The molecule has 0 radical (unpaired) electrons. The predicted octanol–water partition coefficient (Wildman–Crippen LogP) is 14.2. The molecule has 0 atom stereocenters. The molecule has 0 N–H and O–H groups in total. The van der Waals surface area contributed by atoms with E-state index in [0.717, 1.165) is 38.8 Å². The number of furan rings is 1. The van der Waals surface area contributed by atoms with Gasteiger partial charge in [-0.1, -0.05) is 133 Å². The van der Waals surface area contributed by atoms with E-state index in [1.54, 1.807) is 0 Å². The topological polar surface area (TPSA) is 23.0 Å². The minimum atomic E-state index is 0.903. The molecule has 1 aliphatic rings. The van der Waals surface area contributed by atoms with Gasteiger partial charge < -0.3 is 13.6 Å². The first kappa shape index (κ1) is 29.1. The fourth-order valence-electron chi connectivity index (χ4n) is 9.75. The summed E-state index contributed by atoms with van der Waals surface area (Å²) < 4.78 is 11.5. The van der Waals surface area contributed by atoms with E-state index in [2.05, 4.69) is 191 Å². The van der Waals surface area contributed by atoms with Crippen LogP contribution in [0, 0.1) is 0 Å². The van der Waals surface area contributed by atoms with Gasteiger partial charge in [-0.3, -0.25) is 0 Å². The van der Waals surface area contributed by atoms with Crippen LogP contribution in [0.4, 0.5) is 0 Å². The van der Waals surface area contributed by atoms with Crippen molar-refractivity contribution in [2.24, 2.45) is 0 Å². The maximum Gasteiger partial charge on any atom is 0.136 e. The summed E-state index contributed by atoms with van der Waals surface area (Å²) in [5.74, 6) is 0. The van der Waals surface area contributed by atoms with Crippen LogP contribution in [-0.4, -0.2) is 9.13 Å². The Morgan fingerprint density at radius 1 is 0.327 bits per heavy atom. The van der Waals surface area contributed by atoms with E-state index in [1.807, 2.05) is 0 Å². The molecule has 12 aromatic rings. The molecule has 0 spiro atoms. The molecule has 1 aliphatic carbocycles. The van der Waals surface area contributed by atoms with Gasteiger partial charge in [0.1, 0.15) is 11.2 Å². The summed E-state index contributed by atoms with van der Waals surface area (Å²) in [4.78, 5) is 0. The molecular formula is C52H30N2O. The molecular weight excluding hydrogens is 669 g/mol. The van der Waals surface area contributed by atoms with Gasteiger partial charge in [0.2, 0.25) is 0 Å². The Hall–Kier alpha value is -7.36. The summed E-state index contributed by atoms with van der Waals surface area (Å²) in [6.07, 6.45) is 0. The Kier molecular flexibility index (Phi) is 5.63. The molecule has 0 amide bonds. The Morgan fingerprint density at radius 3 is 1.87 bits per heavy atom. The number of hydrogen-bond donors (Lipinski definition) is 0. The minimum Gasteiger partial charge on any atom is -0.456 e. The van der Waals surface area contributed by atoms with E-state index in [4.69, 9.17) is 4.42 Å². The molecule has 9 aromatic carbocycles. The highest BCUT2D eigenvalue weighted by Crippen LogP contribution is 2.50. The average molecular weight is 699 g/mol. The van der Waals surface area contributed by atoms with Crippen molar-refractivity contribution in [3.05, 3.63) is 182 Å². The van der Waals surface area contributed by atoms with Gasteiger partial charge in [-0.15, -0.1) is 0 Å². The first-order chi connectivity index (χ1) is 27.3. The van der Waals surface area contributed by atoms with Crippen LogP contribution in [0.5, 0.6) is 0 Å². The zero-order valence-electron chi connectivity index (χ0n) is 29.6. The maximum absolute atomic E-state index is 6.50. The summed E-state index contributed by atoms with van der Waals surface area (Å²) in [7, 11) is 0. The van der Waals surface area contributed by atoms with Gasteiger partial charge in [-0.25, -0.2) is 0 Å². The van der Waals surface area contributed by atoms with Crippen molar-refractivity contribution in [1.82, 2.24) is 9.13 Å². The summed E-state index contributed by atoms with van der Waals surface area (Å²) in [6, 6.07) is 66.5. The second kappa shape index (κ2) is 10.6. The number of rotatable bonds is 3. The third-order valence-electron chi connectivity index (χ3n) is 12.0. The van der Waals surface area contributed by atoms with Crippen LogP contribution < -0.4 is 0 Å². The largest absolute Gasteiger partial charge is 0.456 e. The fourth-order valence-corrected chi connectivity index (χ4v) is 9.75. The highest BCUT2D eigenvalue weighted by molar-refractivity contribution is 6.32. The molecule has 3 nitrogen and oxygen atoms in total. The van der Waals surface area contributed by atoms with E-state index in [9.17, 15) is 0 Å². The van der Waals surface area contributed by atoms with Crippen LogP contribution in [0.2, 0.25) is 0 Å². The average Bonchev–Trinajstić information content (AvgIpc) is 3.98. The quantitative estimate of drug-likeness (QED) is 0.180. The third kappa shape index (κ3) is 3.84. The summed E-state index contributed by atoms with van der Waals surface area (Å²) in [5, 5.41) is 9.75. The molecule has 3 heterocycles. The molecule has 0 saturated carbocycles. The molecule has 0 unspecified atom stereocenters. The number of para-hydroxylation sites is 2. The van der Waals surface area contributed by atoms with Crippen molar-refractivity contribution < 1.29 is 4.42 Å². The Balaban J connectivity index is 1.21. The zero-order valence-corrected chi connectivity index (χ0v) is 29.6. The molecule has 55 heavy (non-hydrogen) atoms. The number of aromatic nitrogens is 2. The van der Waals surface area contributed by atoms with Crippen molar-refractivity contribution in [2.75, 3.05) is 0 Å². The number of fused-ring (bicyclic) bond motifs is 14. The van der Waals surface area contributed by atoms with E-state index >= 15 is 0 Å². The standard InChI is InChI=1S/C52H30N2O/c1-2-11-31(12-3-1)32-21-23-34(24-22-32)53-45-27-28-47-50(41-17-7-9-20-46(41)55-47)49(45)42-26-25-40-38-16-6-8-19-44(38)54(51(40)52(42)53)35-29-33-13-10-18-39-36-14-4-5-15-37(36)43(30-35)48(33)39/h1-30H. The monoisotopic (exact) mass is 698 g/mol. The molecule has 0 fully saturated rings. The highest BCUT2D eigenvalue weighted by Gasteiger charge is 2.26. The third-order valence-corrected chi connectivity index (χ3v) is 12.0. The summed E-state index contributed by atoms with van der Waals surface area (Å²) >= 11 is 0. The second-order valence-corrected chi connectivity index (χ2v) is 14.8. The molecule has 3 heteroatoms. The molecule has 0 bridgehead atoms. The van der Waals surface area contributed by atoms with Crippen molar-refractivity contribution >= 4 is 76.3 Å². The van der Waals surface area contributed by atoms with Gasteiger partial charge in [0.05, 0.1) is 22.1 Å². The first-order valence-electron chi connectivity index (χ1n) is 18.9. The molecule has 3 aromatic heterocycles. The van der Waals surface area contributed by atoms with E-state index in [0.29, 0.717) is 0 Å². The number of nitrogens with zero attached hydrogens (tertiary/aromatic N) is 2. The summed E-state index contributed by atoms with van der Waals surface area (Å²) in [6.45, 7) is 0. The van der Waals surface area contributed by atoms with Crippen LogP contribution in [0.3, 0.4) is 0 Å². The van der Waals surface area contributed by atoms with Crippen LogP contribution in [-0.2, 0) is 0 Å². The van der Waals surface area contributed by atoms with Crippen LogP contribution in [0.25, 0.3) is 121 Å².